The molecule has 0 amide bonds. The van der Waals surface area contributed by atoms with Crippen LogP contribution in [-0.2, 0) is 5.92 Å². The fraction of sp³-hybridized carbons (Fsp3) is 0.429. The molecule has 1 nitrogen and oxygen atoms in total. The second-order valence-electron chi connectivity index (χ2n) is 4.81. The van der Waals surface area contributed by atoms with Crippen molar-refractivity contribution in [1.29, 1.82) is 0 Å². The summed E-state index contributed by atoms with van der Waals surface area (Å²) in [6.07, 6.45) is 1.44. The number of nitrogens with one attached hydrogen (secondary N) is 1. The van der Waals surface area contributed by atoms with E-state index in [1.54, 1.807) is 11.4 Å². The molecule has 1 saturated heterocycles. The molecular weight excluding hydrogens is 252 g/mol. The van der Waals surface area contributed by atoms with Crippen LogP contribution in [0.5, 0.6) is 0 Å². The Morgan fingerprint density at radius 3 is 2.89 bits per heavy atom. The van der Waals surface area contributed by atoms with E-state index in [1.165, 1.54) is 11.3 Å². The van der Waals surface area contributed by atoms with Crippen LogP contribution in [0, 0.1) is 5.92 Å². The minimum atomic E-state index is -2.73. The zero-order valence-corrected chi connectivity index (χ0v) is 10.8. The molecule has 1 N–H and O–H groups in total. The maximum absolute atomic E-state index is 14.6. The minimum Gasteiger partial charge on any atom is -0.316 e. The van der Waals surface area contributed by atoms with Gasteiger partial charge in [0.25, 0.3) is 5.92 Å². The molecule has 1 aromatic heterocycles. The maximum atomic E-state index is 14.6. The van der Waals surface area contributed by atoms with Crippen LogP contribution < -0.4 is 5.32 Å². The van der Waals surface area contributed by atoms with Gasteiger partial charge in [0.1, 0.15) is 0 Å². The van der Waals surface area contributed by atoms with E-state index in [2.05, 4.69) is 5.32 Å². The first-order chi connectivity index (χ1) is 8.69. The highest BCUT2D eigenvalue weighted by Gasteiger charge is 2.43. The van der Waals surface area contributed by atoms with Gasteiger partial charge >= 0.3 is 0 Å². The van der Waals surface area contributed by atoms with Crippen molar-refractivity contribution in [3.05, 3.63) is 35.2 Å². The van der Waals surface area contributed by atoms with Crippen molar-refractivity contribution in [3.63, 3.8) is 0 Å². The zero-order chi connectivity index (χ0) is 12.6. The molecule has 0 aliphatic carbocycles. The van der Waals surface area contributed by atoms with Crippen LogP contribution in [0.25, 0.3) is 10.1 Å². The summed E-state index contributed by atoms with van der Waals surface area (Å²) < 4.78 is 30.1. The lowest BCUT2D eigenvalue weighted by atomic mass is 9.88. The highest BCUT2D eigenvalue weighted by atomic mass is 32.1. The predicted octanol–water partition coefficient (Wildman–Crippen LogP) is 3.99. The molecule has 1 fully saturated rings. The van der Waals surface area contributed by atoms with Gasteiger partial charge in [0.15, 0.2) is 0 Å². The third-order valence-electron chi connectivity index (χ3n) is 3.65. The van der Waals surface area contributed by atoms with Crippen LogP contribution in [0.4, 0.5) is 8.78 Å². The molecule has 0 saturated carbocycles. The van der Waals surface area contributed by atoms with E-state index in [-0.39, 0.29) is 5.56 Å². The lowest BCUT2D eigenvalue weighted by Gasteiger charge is -2.30. The second-order valence-corrected chi connectivity index (χ2v) is 5.72. The molecule has 3 rings (SSSR count). The summed E-state index contributed by atoms with van der Waals surface area (Å²) in [5.74, 6) is -3.31. The Bertz CT molecular complexity index is 543. The lowest BCUT2D eigenvalue weighted by molar-refractivity contribution is -0.0708. The molecule has 0 spiro atoms. The average Bonchev–Trinajstić information content (AvgIpc) is 2.84. The number of fused-ring (bicyclic) bond motifs is 1. The Balaban J connectivity index is 2.01. The largest absolute Gasteiger partial charge is 0.316 e. The third kappa shape index (κ3) is 1.93. The predicted molar refractivity (Wildman–Crippen MR) is 71.3 cm³/mol. The third-order valence-corrected chi connectivity index (χ3v) is 4.61. The van der Waals surface area contributed by atoms with Crippen molar-refractivity contribution in [2.45, 2.75) is 18.8 Å². The zero-order valence-electron chi connectivity index (χ0n) is 9.96. The molecular formula is C14H15F2NS. The Morgan fingerprint density at radius 2 is 2.11 bits per heavy atom. The molecule has 1 aromatic carbocycles. The molecule has 2 aromatic rings. The number of alkyl halides is 2. The molecule has 0 radical (unpaired) electrons. The van der Waals surface area contributed by atoms with Crippen molar-refractivity contribution < 1.29 is 8.78 Å². The number of thiophene rings is 1. The van der Waals surface area contributed by atoms with E-state index < -0.39 is 11.8 Å². The van der Waals surface area contributed by atoms with Gasteiger partial charge in [0.2, 0.25) is 0 Å². The summed E-state index contributed by atoms with van der Waals surface area (Å²) in [6.45, 7) is 1.27. The summed E-state index contributed by atoms with van der Waals surface area (Å²) in [7, 11) is 0. The van der Waals surface area contributed by atoms with Gasteiger partial charge in [-0.1, -0.05) is 18.2 Å². The van der Waals surface area contributed by atoms with E-state index in [9.17, 15) is 8.78 Å². The fourth-order valence-electron chi connectivity index (χ4n) is 2.62. The van der Waals surface area contributed by atoms with Gasteiger partial charge in [0, 0.05) is 33.5 Å². The monoisotopic (exact) mass is 267 g/mol. The van der Waals surface area contributed by atoms with Crippen LogP contribution in [-0.4, -0.2) is 13.1 Å². The molecule has 2 heterocycles. The van der Waals surface area contributed by atoms with Gasteiger partial charge in [0.05, 0.1) is 0 Å². The number of hydrogen-bond acceptors (Lipinski definition) is 2. The van der Waals surface area contributed by atoms with E-state index in [0.29, 0.717) is 18.4 Å². The van der Waals surface area contributed by atoms with Gasteiger partial charge in [-0.3, -0.25) is 0 Å². The Morgan fingerprint density at radius 1 is 1.28 bits per heavy atom. The molecule has 0 bridgehead atoms. The summed E-state index contributed by atoms with van der Waals surface area (Å²) in [6, 6.07) is 7.42. The van der Waals surface area contributed by atoms with E-state index in [1.807, 2.05) is 18.2 Å². The maximum Gasteiger partial charge on any atom is 0.278 e. The molecule has 1 aliphatic rings. The number of hydrogen-bond donors (Lipinski definition) is 1. The van der Waals surface area contributed by atoms with Crippen molar-refractivity contribution >= 4 is 21.4 Å². The van der Waals surface area contributed by atoms with Crippen molar-refractivity contribution in [1.82, 2.24) is 5.32 Å². The molecule has 18 heavy (non-hydrogen) atoms. The van der Waals surface area contributed by atoms with Crippen LogP contribution in [0.2, 0.25) is 0 Å². The van der Waals surface area contributed by atoms with Gasteiger partial charge in [-0.25, -0.2) is 8.78 Å². The van der Waals surface area contributed by atoms with Crippen molar-refractivity contribution in [3.8, 4) is 0 Å². The average molecular weight is 267 g/mol. The van der Waals surface area contributed by atoms with E-state index >= 15 is 0 Å². The minimum absolute atomic E-state index is 0.205. The van der Waals surface area contributed by atoms with Gasteiger partial charge in [-0.2, -0.15) is 0 Å². The molecule has 1 unspecified atom stereocenters. The standard InChI is InChI=1S/C14H15F2NS/c15-14(16,10-4-3-7-17-8-10)12-9-18-13-6-2-1-5-11(12)13/h1-2,5-6,9-10,17H,3-4,7-8H2. The first-order valence-electron chi connectivity index (χ1n) is 6.25. The number of piperidine rings is 1. The van der Waals surface area contributed by atoms with E-state index in [4.69, 9.17) is 0 Å². The summed E-state index contributed by atoms with van der Waals surface area (Å²) in [4.78, 5) is 0. The van der Waals surface area contributed by atoms with Crippen LogP contribution in [0.15, 0.2) is 29.6 Å². The Kier molecular flexibility index (Phi) is 3.08. The quantitative estimate of drug-likeness (QED) is 0.867. The lowest BCUT2D eigenvalue weighted by Crippen LogP contribution is -2.39. The number of halogens is 2. The van der Waals surface area contributed by atoms with Crippen LogP contribution in [0.3, 0.4) is 0 Å². The first kappa shape index (κ1) is 12.1. The smallest absolute Gasteiger partial charge is 0.278 e. The summed E-state index contributed by atoms with van der Waals surface area (Å²) in [5.41, 5.74) is 0.205. The molecule has 1 aliphatic heterocycles. The first-order valence-corrected chi connectivity index (χ1v) is 7.13. The highest BCUT2D eigenvalue weighted by Crippen LogP contribution is 2.44. The van der Waals surface area contributed by atoms with Gasteiger partial charge in [-0.05, 0) is 25.5 Å². The Labute approximate surface area is 109 Å². The summed E-state index contributed by atoms with van der Waals surface area (Å²) in [5, 5.41) is 5.41. The second kappa shape index (κ2) is 4.59. The molecule has 96 valence electrons. The number of rotatable bonds is 2. The SMILES string of the molecule is FC(F)(c1csc2ccccc12)C1CCCNC1. The van der Waals surface area contributed by atoms with Crippen LogP contribution in [0.1, 0.15) is 18.4 Å². The number of benzene rings is 1. The topological polar surface area (TPSA) is 12.0 Å². The normalized spacial score (nSPS) is 21.3. The molecule has 4 heteroatoms. The van der Waals surface area contributed by atoms with E-state index in [0.717, 1.165) is 17.7 Å². The Hall–Kier alpha value is -1.00. The van der Waals surface area contributed by atoms with Crippen molar-refractivity contribution in [2.24, 2.45) is 5.92 Å². The fourth-order valence-corrected chi connectivity index (χ4v) is 3.61. The van der Waals surface area contributed by atoms with Crippen LogP contribution >= 0.6 is 11.3 Å². The van der Waals surface area contributed by atoms with Gasteiger partial charge in [-0.15, -0.1) is 11.3 Å². The molecule has 1 atom stereocenters. The van der Waals surface area contributed by atoms with Gasteiger partial charge < -0.3 is 5.32 Å². The highest BCUT2D eigenvalue weighted by molar-refractivity contribution is 7.17. The summed E-state index contributed by atoms with van der Waals surface area (Å²) >= 11 is 1.40. The van der Waals surface area contributed by atoms with Crippen molar-refractivity contribution in [2.75, 3.05) is 13.1 Å².